The molecule has 2 heterocycles. The van der Waals surface area contributed by atoms with Gasteiger partial charge >= 0.3 is 0 Å². The van der Waals surface area contributed by atoms with E-state index in [0.717, 1.165) is 31.6 Å². The van der Waals surface area contributed by atoms with Gasteiger partial charge in [0.15, 0.2) is 0 Å². The van der Waals surface area contributed by atoms with Crippen LogP contribution in [-0.2, 0) is 24.2 Å². The van der Waals surface area contributed by atoms with Gasteiger partial charge in [0, 0.05) is 32.5 Å². The van der Waals surface area contributed by atoms with Crippen molar-refractivity contribution in [2.24, 2.45) is 0 Å². The maximum Gasteiger partial charge on any atom is 0.0854 e. The summed E-state index contributed by atoms with van der Waals surface area (Å²) < 4.78 is 5.96. The Morgan fingerprint density at radius 2 is 1.88 bits per heavy atom. The van der Waals surface area contributed by atoms with Gasteiger partial charge in [-0.15, -0.1) is 0 Å². The number of aliphatic hydroxyl groups excluding tert-OH is 2. The molecule has 3 unspecified atom stereocenters. The third kappa shape index (κ3) is 3.99. The predicted octanol–water partition coefficient (Wildman–Crippen LogP) is 2.82. The highest BCUT2D eigenvalue weighted by molar-refractivity contribution is 5.30. The lowest BCUT2D eigenvalue weighted by Crippen LogP contribution is -2.33. The summed E-state index contributed by atoms with van der Waals surface area (Å²) >= 11 is 0. The Morgan fingerprint density at radius 3 is 2.73 bits per heavy atom. The van der Waals surface area contributed by atoms with Gasteiger partial charge in [-0.2, -0.15) is 0 Å². The summed E-state index contributed by atoms with van der Waals surface area (Å²) in [6.07, 6.45) is 1.39. The fourth-order valence-corrected chi connectivity index (χ4v) is 4.16. The van der Waals surface area contributed by atoms with Crippen LogP contribution < -0.4 is 0 Å². The highest BCUT2D eigenvalue weighted by Crippen LogP contribution is 2.32. The molecule has 2 aromatic rings. The van der Waals surface area contributed by atoms with Crippen LogP contribution in [0, 0.1) is 0 Å². The number of rotatable bonds is 4. The Hall–Kier alpha value is -1.72. The number of hydrogen-bond acceptors (Lipinski definition) is 4. The molecule has 4 rings (SSSR count). The zero-order valence-corrected chi connectivity index (χ0v) is 15.1. The van der Waals surface area contributed by atoms with Gasteiger partial charge in [0.2, 0.25) is 0 Å². The number of ether oxygens (including phenoxy) is 1. The van der Waals surface area contributed by atoms with Crippen LogP contribution in [0.5, 0.6) is 0 Å². The topological polar surface area (TPSA) is 52.9 Å². The molecule has 2 N–H and O–H groups in total. The molecule has 0 amide bonds. The van der Waals surface area contributed by atoms with E-state index >= 15 is 0 Å². The fourth-order valence-electron chi connectivity index (χ4n) is 4.16. The third-order valence-corrected chi connectivity index (χ3v) is 5.52. The molecule has 2 aliphatic heterocycles. The first-order valence-corrected chi connectivity index (χ1v) is 9.53. The van der Waals surface area contributed by atoms with Crippen LogP contribution in [0.25, 0.3) is 0 Å². The minimum Gasteiger partial charge on any atom is -0.394 e. The highest BCUT2D eigenvalue weighted by Gasteiger charge is 2.29. The van der Waals surface area contributed by atoms with Gasteiger partial charge in [-0.3, -0.25) is 4.90 Å². The number of nitrogens with zero attached hydrogens (tertiary/aromatic N) is 1. The largest absolute Gasteiger partial charge is 0.394 e. The van der Waals surface area contributed by atoms with Crippen molar-refractivity contribution in [3.8, 4) is 0 Å². The average Bonchev–Trinajstić information content (AvgIpc) is 2.67. The van der Waals surface area contributed by atoms with Crippen LogP contribution in [-0.4, -0.2) is 40.5 Å². The lowest BCUT2D eigenvalue weighted by molar-refractivity contribution is -0.113. The first-order chi connectivity index (χ1) is 12.7. The number of aliphatic hydroxyl groups is 2. The van der Waals surface area contributed by atoms with Crippen molar-refractivity contribution in [3.05, 3.63) is 70.8 Å². The summed E-state index contributed by atoms with van der Waals surface area (Å²) in [5, 5.41) is 19.4. The summed E-state index contributed by atoms with van der Waals surface area (Å²) in [5.41, 5.74) is 5.26. The second kappa shape index (κ2) is 7.89. The normalized spacial score (nSPS) is 26.5. The van der Waals surface area contributed by atoms with E-state index in [0.29, 0.717) is 12.8 Å². The Kier molecular flexibility index (Phi) is 5.36. The van der Waals surface area contributed by atoms with Gasteiger partial charge < -0.3 is 14.9 Å². The van der Waals surface area contributed by atoms with Crippen molar-refractivity contribution < 1.29 is 14.9 Å². The Labute approximate surface area is 155 Å². The Morgan fingerprint density at radius 1 is 1.04 bits per heavy atom. The van der Waals surface area contributed by atoms with Crippen molar-refractivity contribution in [1.29, 1.82) is 0 Å². The van der Waals surface area contributed by atoms with Crippen molar-refractivity contribution in [2.45, 2.75) is 50.7 Å². The molecule has 0 radical (unpaired) electrons. The number of hydrogen-bond donors (Lipinski definition) is 2. The van der Waals surface area contributed by atoms with Crippen molar-refractivity contribution >= 4 is 0 Å². The zero-order chi connectivity index (χ0) is 17.9. The van der Waals surface area contributed by atoms with E-state index < -0.39 is 6.10 Å². The van der Waals surface area contributed by atoms with Gasteiger partial charge in [-0.1, -0.05) is 48.5 Å². The predicted molar refractivity (Wildman–Crippen MR) is 101 cm³/mol. The van der Waals surface area contributed by atoms with Crippen LogP contribution in [0.1, 0.15) is 41.2 Å². The monoisotopic (exact) mass is 353 g/mol. The molecule has 138 valence electrons. The number of fused-ring (bicyclic) bond motifs is 1. The maximum absolute atomic E-state index is 10.1. The molecule has 1 saturated heterocycles. The SMILES string of the molecule is OCC1CC(O)CC(c2cccc(CN3CCc4ccccc4C3)c2)O1. The summed E-state index contributed by atoms with van der Waals surface area (Å²) in [6, 6.07) is 17.2. The van der Waals surface area contributed by atoms with Crippen molar-refractivity contribution in [2.75, 3.05) is 13.2 Å². The standard InChI is InChI=1S/C22H27NO3/c24-15-21-11-20(25)12-22(26-21)18-7-3-4-16(10-18)13-23-9-8-17-5-1-2-6-19(17)14-23/h1-7,10,20-22,24-25H,8-9,11-15H2. The molecule has 2 aromatic carbocycles. The minimum atomic E-state index is -0.409. The number of benzene rings is 2. The van der Waals surface area contributed by atoms with Crippen LogP contribution in [0.4, 0.5) is 0 Å². The molecule has 4 nitrogen and oxygen atoms in total. The molecular weight excluding hydrogens is 326 g/mol. The minimum absolute atomic E-state index is 0.0412. The molecule has 0 bridgehead atoms. The third-order valence-electron chi connectivity index (χ3n) is 5.52. The molecule has 0 spiro atoms. The van der Waals surface area contributed by atoms with E-state index in [2.05, 4.69) is 53.4 Å². The fraction of sp³-hybridized carbons (Fsp3) is 0.455. The van der Waals surface area contributed by atoms with Crippen LogP contribution >= 0.6 is 0 Å². The van der Waals surface area contributed by atoms with E-state index in [1.807, 2.05) is 0 Å². The summed E-state index contributed by atoms with van der Waals surface area (Å²) in [4.78, 5) is 2.48. The molecule has 0 saturated carbocycles. The van der Waals surface area contributed by atoms with Gasteiger partial charge in [-0.25, -0.2) is 0 Å². The first kappa shape index (κ1) is 17.7. The lowest BCUT2D eigenvalue weighted by atomic mass is 9.95. The van der Waals surface area contributed by atoms with Crippen LogP contribution in [0.15, 0.2) is 48.5 Å². The van der Waals surface area contributed by atoms with Gasteiger partial charge in [0.25, 0.3) is 0 Å². The van der Waals surface area contributed by atoms with E-state index in [9.17, 15) is 10.2 Å². The molecule has 0 aromatic heterocycles. The molecule has 4 heteroatoms. The summed E-state index contributed by atoms with van der Waals surface area (Å²) in [6.45, 7) is 2.94. The zero-order valence-electron chi connectivity index (χ0n) is 15.1. The van der Waals surface area contributed by atoms with Crippen molar-refractivity contribution in [3.63, 3.8) is 0 Å². The van der Waals surface area contributed by atoms with E-state index in [4.69, 9.17) is 4.74 Å². The quantitative estimate of drug-likeness (QED) is 0.887. The van der Waals surface area contributed by atoms with E-state index in [1.165, 1.54) is 16.7 Å². The second-order valence-corrected chi connectivity index (χ2v) is 7.53. The second-order valence-electron chi connectivity index (χ2n) is 7.53. The molecule has 1 fully saturated rings. The van der Waals surface area contributed by atoms with Gasteiger partial charge in [0.1, 0.15) is 0 Å². The molecule has 2 aliphatic rings. The smallest absolute Gasteiger partial charge is 0.0854 e. The van der Waals surface area contributed by atoms with Gasteiger partial charge in [-0.05, 0) is 28.7 Å². The maximum atomic E-state index is 10.1. The van der Waals surface area contributed by atoms with Gasteiger partial charge in [0.05, 0.1) is 24.9 Å². The van der Waals surface area contributed by atoms with Crippen LogP contribution in [0.3, 0.4) is 0 Å². The Bertz CT molecular complexity index is 748. The van der Waals surface area contributed by atoms with E-state index in [-0.39, 0.29) is 18.8 Å². The van der Waals surface area contributed by atoms with E-state index in [1.54, 1.807) is 0 Å². The molecule has 3 atom stereocenters. The molecule has 26 heavy (non-hydrogen) atoms. The highest BCUT2D eigenvalue weighted by atomic mass is 16.5. The summed E-state index contributed by atoms with van der Waals surface area (Å²) in [7, 11) is 0. The molecule has 0 aliphatic carbocycles. The van der Waals surface area contributed by atoms with Crippen molar-refractivity contribution in [1.82, 2.24) is 4.90 Å². The Balaban J connectivity index is 1.45. The first-order valence-electron chi connectivity index (χ1n) is 9.53. The average molecular weight is 353 g/mol. The molecular formula is C22H27NO3. The van der Waals surface area contributed by atoms with Crippen LogP contribution in [0.2, 0.25) is 0 Å². The summed E-state index contributed by atoms with van der Waals surface area (Å²) in [5.74, 6) is 0. The lowest BCUT2D eigenvalue weighted by Gasteiger charge is -2.33.